The van der Waals surface area contributed by atoms with Crippen molar-refractivity contribution >= 4 is 44.1 Å². The van der Waals surface area contributed by atoms with Crippen LogP contribution in [0.3, 0.4) is 0 Å². The average molecular weight is 428 g/mol. The molecule has 1 heterocycles. The van der Waals surface area contributed by atoms with Crippen LogP contribution in [0.1, 0.15) is 24.6 Å². The van der Waals surface area contributed by atoms with Gasteiger partial charge in [-0.15, -0.1) is 0 Å². The summed E-state index contributed by atoms with van der Waals surface area (Å²) in [5.74, 6) is -0.650. The Kier molecular flexibility index (Phi) is 5.98. The van der Waals surface area contributed by atoms with Gasteiger partial charge in [-0.05, 0) is 49.2 Å². The Hall–Kier alpha value is -3.13. The van der Waals surface area contributed by atoms with Gasteiger partial charge in [-0.25, -0.2) is 12.7 Å². The number of benzene rings is 2. The number of aromatic nitrogens is 1. The number of nitrogens with one attached hydrogen (secondary N) is 1. The summed E-state index contributed by atoms with van der Waals surface area (Å²) < 4.78 is 25.6. The van der Waals surface area contributed by atoms with Crippen LogP contribution in [0.5, 0.6) is 0 Å². The van der Waals surface area contributed by atoms with Gasteiger partial charge in [0, 0.05) is 42.7 Å². The van der Waals surface area contributed by atoms with E-state index < -0.39 is 15.9 Å². The van der Waals surface area contributed by atoms with E-state index in [-0.39, 0.29) is 18.0 Å². The van der Waals surface area contributed by atoms with Crippen molar-refractivity contribution in [1.29, 1.82) is 0 Å². The Bertz CT molecular complexity index is 1200. The molecule has 1 aromatic heterocycles. The summed E-state index contributed by atoms with van der Waals surface area (Å²) >= 11 is 0. The van der Waals surface area contributed by atoms with Crippen LogP contribution in [0, 0.1) is 6.92 Å². The predicted octanol–water partition coefficient (Wildman–Crippen LogP) is 3.38. The Morgan fingerprint density at radius 2 is 1.60 bits per heavy atom. The number of aryl methyl sites for hydroxylation is 2. The molecule has 3 aromatic rings. The molecule has 0 spiro atoms. The summed E-state index contributed by atoms with van der Waals surface area (Å²) in [4.78, 5) is 29.2. The summed E-state index contributed by atoms with van der Waals surface area (Å²) in [6.07, 6.45) is 1.48. The smallest absolute Gasteiger partial charge is 0.241 e. The molecule has 0 aliphatic rings. The van der Waals surface area contributed by atoms with E-state index in [0.717, 1.165) is 32.7 Å². The first-order valence-corrected chi connectivity index (χ1v) is 11.4. The first-order chi connectivity index (χ1) is 14.1. The van der Waals surface area contributed by atoms with Gasteiger partial charge in [-0.1, -0.05) is 18.2 Å². The minimum Gasteiger partial charge on any atom is -0.358 e. The topological polar surface area (TPSA) is 90.6 Å². The van der Waals surface area contributed by atoms with E-state index in [9.17, 15) is 18.0 Å². The summed E-state index contributed by atoms with van der Waals surface area (Å²) in [5.41, 5.74) is 3.82. The molecular formula is C22H25N3O4S. The maximum Gasteiger partial charge on any atom is 0.241 e. The zero-order chi connectivity index (χ0) is 22.1. The molecule has 0 atom stereocenters. The van der Waals surface area contributed by atoms with Crippen LogP contribution < -0.4 is 9.21 Å². The zero-order valence-electron chi connectivity index (χ0n) is 17.5. The van der Waals surface area contributed by atoms with Crippen molar-refractivity contribution in [2.75, 3.05) is 22.5 Å². The molecule has 8 heteroatoms. The molecule has 0 aliphatic carbocycles. The molecular weight excluding hydrogens is 402 g/mol. The molecule has 2 amide bonds. The van der Waals surface area contributed by atoms with Crippen molar-refractivity contribution in [3.8, 4) is 0 Å². The third kappa shape index (κ3) is 4.38. The van der Waals surface area contributed by atoms with Crippen molar-refractivity contribution in [2.24, 2.45) is 0 Å². The number of carbonyl (C=O) groups excluding carboxylic acids is 2. The summed E-state index contributed by atoms with van der Waals surface area (Å²) in [5, 5.41) is 1.03. The Morgan fingerprint density at radius 1 is 1.00 bits per heavy atom. The fourth-order valence-electron chi connectivity index (χ4n) is 3.50. The third-order valence-corrected chi connectivity index (χ3v) is 6.20. The number of hydrogen-bond acceptors (Lipinski definition) is 4. The van der Waals surface area contributed by atoms with Gasteiger partial charge < -0.3 is 9.88 Å². The fraction of sp³-hybridized carbons (Fsp3) is 0.273. The van der Waals surface area contributed by atoms with Crippen LogP contribution in [0.4, 0.5) is 11.4 Å². The van der Waals surface area contributed by atoms with Crippen molar-refractivity contribution in [3.05, 3.63) is 59.8 Å². The number of nitrogens with zero attached hydrogens (tertiary/aromatic N) is 2. The van der Waals surface area contributed by atoms with Gasteiger partial charge in [-0.2, -0.15) is 0 Å². The molecule has 1 N–H and O–H groups in total. The maximum absolute atomic E-state index is 12.9. The molecule has 0 aliphatic heterocycles. The molecule has 3 rings (SSSR count). The molecule has 30 heavy (non-hydrogen) atoms. The van der Waals surface area contributed by atoms with Crippen molar-refractivity contribution in [2.45, 2.75) is 26.7 Å². The summed E-state index contributed by atoms with van der Waals surface area (Å²) in [6.45, 7) is 3.38. The van der Waals surface area contributed by atoms with Crippen molar-refractivity contribution in [3.63, 3.8) is 0 Å². The van der Waals surface area contributed by atoms with Gasteiger partial charge >= 0.3 is 0 Å². The quantitative estimate of drug-likeness (QED) is 0.653. The van der Waals surface area contributed by atoms with E-state index in [1.165, 1.54) is 24.0 Å². The molecule has 0 bridgehead atoms. The highest BCUT2D eigenvalue weighted by Crippen LogP contribution is 2.26. The summed E-state index contributed by atoms with van der Waals surface area (Å²) in [6, 6.07) is 14.1. The monoisotopic (exact) mass is 427 g/mol. The highest BCUT2D eigenvalue weighted by Gasteiger charge is 2.25. The molecule has 0 saturated heterocycles. The molecule has 158 valence electrons. The van der Waals surface area contributed by atoms with E-state index in [0.29, 0.717) is 12.1 Å². The number of amides is 2. The second kappa shape index (κ2) is 8.31. The maximum atomic E-state index is 12.9. The van der Waals surface area contributed by atoms with Crippen LogP contribution in [-0.4, -0.2) is 38.5 Å². The second-order valence-electron chi connectivity index (χ2n) is 7.29. The number of sulfonamides is 1. The van der Waals surface area contributed by atoms with Crippen LogP contribution in [-0.2, 0) is 26.0 Å². The Labute approximate surface area is 176 Å². The highest BCUT2D eigenvalue weighted by molar-refractivity contribution is 7.92. The van der Waals surface area contributed by atoms with Gasteiger partial charge in [0.05, 0.1) is 11.9 Å². The van der Waals surface area contributed by atoms with Gasteiger partial charge in [0.2, 0.25) is 21.8 Å². The van der Waals surface area contributed by atoms with Gasteiger partial charge in [0.15, 0.2) is 0 Å². The SMILES string of the molecule is CC(=O)N(C)c1ccc(N(C(=O)CCc2c(C)[nH]c3ccccc23)S(C)(=O)=O)cc1. The van der Waals surface area contributed by atoms with Crippen LogP contribution in [0.15, 0.2) is 48.5 Å². The van der Waals surface area contributed by atoms with E-state index in [4.69, 9.17) is 0 Å². The highest BCUT2D eigenvalue weighted by atomic mass is 32.2. The van der Waals surface area contributed by atoms with E-state index >= 15 is 0 Å². The molecule has 2 aromatic carbocycles. The van der Waals surface area contributed by atoms with E-state index in [1.54, 1.807) is 19.2 Å². The average Bonchev–Trinajstić information content (AvgIpc) is 3.00. The van der Waals surface area contributed by atoms with E-state index in [2.05, 4.69) is 4.98 Å². The number of aromatic amines is 1. The Balaban J connectivity index is 1.85. The molecule has 0 unspecified atom stereocenters. The summed E-state index contributed by atoms with van der Waals surface area (Å²) in [7, 11) is -2.19. The first-order valence-electron chi connectivity index (χ1n) is 9.53. The lowest BCUT2D eigenvalue weighted by Crippen LogP contribution is -2.36. The minimum absolute atomic E-state index is 0.0465. The van der Waals surface area contributed by atoms with Gasteiger partial charge in [-0.3, -0.25) is 9.59 Å². The number of rotatable bonds is 6. The largest absolute Gasteiger partial charge is 0.358 e. The molecule has 7 nitrogen and oxygen atoms in total. The number of hydrogen-bond donors (Lipinski definition) is 1. The fourth-order valence-corrected chi connectivity index (χ4v) is 4.47. The minimum atomic E-state index is -3.81. The van der Waals surface area contributed by atoms with E-state index in [1.807, 2.05) is 31.2 Å². The predicted molar refractivity (Wildman–Crippen MR) is 119 cm³/mol. The normalized spacial score (nSPS) is 11.5. The molecule has 0 radical (unpaired) electrons. The number of carbonyl (C=O) groups is 2. The van der Waals surface area contributed by atoms with Gasteiger partial charge in [0.1, 0.15) is 0 Å². The third-order valence-electron chi connectivity index (χ3n) is 5.12. The number of H-pyrrole nitrogens is 1. The second-order valence-corrected chi connectivity index (χ2v) is 9.12. The first kappa shape index (κ1) is 21.6. The lowest BCUT2D eigenvalue weighted by molar-refractivity contribution is -0.117. The molecule has 0 saturated carbocycles. The zero-order valence-corrected chi connectivity index (χ0v) is 18.3. The number of fused-ring (bicyclic) bond motifs is 1. The van der Waals surface area contributed by atoms with Crippen LogP contribution in [0.25, 0.3) is 10.9 Å². The Morgan fingerprint density at radius 3 is 2.20 bits per heavy atom. The van der Waals surface area contributed by atoms with Crippen molar-refractivity contribution in [1.82, 2.24) is 4.98 Å². The standard InChI is InChI=1S/C22H25N3O4S/c1-15-19(20-7-5-6-8-21(20)23-15)13-14-22(27)25(30(4,28)29)18-11-9-17(10-12-18)24(3)16(2)26/h5-12,23H,13-14H2,1-4H3. The lowest BCUT2D eigenvalue weighted by Gasteiger charge is -2.22. The molecule has 0 fully saturated rings. The van der Waals surface area contributed by atoms with Crippen LogP contribution >= 0.6 is 0 Å². The number of anilines is 2. The van der Waals surface area contributed by atoms with Crippen molar-refractivity contribution < 1.29 is 18.0 Å². The lowest BCUT2D eigenvalue weighted by atomic mass is 10.1. The van der Waals surface area contributed by atoms with Gasteiger partial charge in [0.25, 0.3) is 0 Å². The van der Waals surface area contributed by atoms with Crippen LogP contribution in [0.2, 0.25) is 0 Å². The number of para-hydroxylation sites is 1.